The monoisotopic (exact) mass is 144 g/mol. The van der Waals surface area contributed by atoms with Crippen molar-refractivity contribution in [2.45, 2.75) is 25.2 Å². The van der Waals surface area contributed by atoms with Gasteiger partial charge in [-0.1, -0.05) is 0 Å². The molecule has 2 rings (SSSR count). The summed E-state index contributed by atoms with van der Waals surface area (Å²) in [6.45, 7) is 0.556. The zero-order valence-electron chi connectivity index (χ0n) is 5.51. The van der Waals surface area contributed by atoms with E-state index in [-0.39, 0.29) is 12.1 Å². The van der Waals surface area contributed by atoms with Crippen LogP contribution >= 0.6 is 0 Å². The lowest BCUT2D eigenvalue weighted by Crippen LogP contribution is -2.36. The van der Waals surface area contributed by atoms with Crippen LogP contribution in [0.1, 0.15) is 12.8 Å². The SMILES string of the molecule is O=C1N[C@@H]2CC[C@H](F)N1C2. The summed E-state index contributed by atoms with van der Waals surface area (Å²) >= 11 is 0. The van der Waals surface area contributed by atoms with E-state index in [1.165, 1.54) is 4.90 Å². The highest BCUT2D eigenvalue weighted by atomic mass is 19.1. The summed E-state index contributed by atoms with van der Waals surface area (Å²) in [4.78, 5) is 12.1. The molecule has 2 amide bonds. The third-order valence-corrected chi connectivity index (χ3v) is 2.10. The van der Waals surface area contributed by atoms with E-state index >= 15 is 0 Å². The number of carbonyl (C=O) groups excluding carboxylic acids is 1. The summed E-state index contributed by atoms with van der Waals surface area (Å²) in [5.74, 6) is 0. The number of nitrogens with zero attached hydrogens (tertiary/aromatic N) is 1. The maximum atomic E-state index is 12.8. The molecule has 56 valence electrons. The Morgan fingerprint density at radius 2 is 2.40 bits per heavy atom. The third-order valence-electron chi connectivity index (χ3n) is 2.10. The van der Waals surface area contributed by atoms with Gasteiger partial charge in [0.15, 0.2) is 6.30 Å². The van der Waals surface area contributed by atoms with Gasteiger partial charge in [-0.15, -0.1) is 0 Å². The molecular weight excluding hydrogens is 135 g/mol. The van der Waals surface area contributed by atoms with Gasteiger partial charge in [0, 0.05) is 12.6 Å². The number of amides is 2. The van der Waals surface area contributed by atoms with E-state index in [4.69, 9.17) is 0 Å². The molecule has 0 saturated carbocycles. The molecule has 3 nitrogen and oxygen atoms in total. The summed E-state index contributed by atoms with van der Waals surface area (Å²) < 4.78 is 12.8. The summed E-state index contributed by atoms with van der Waals surface area (Å²) in [7, 11) is 0. The van der Waals surface area contributed by atoms with Crippen molar-refractivity contribution in [3.8, 4) is 0 Å². The number of nitrogens with one attached hydrogen (secondary N) is 1. The molecule has 0 spiro atoms. The fourth-order valence-electron chi connectivity index (χ4n) is 1.52. The second kappa shape index (κ2) is 1.84. The summed E-state index contributed by atoms with van der Waals surface area (Å²) in [6.07, 6.45) is 0.228. The minimum Gasteiger partial charge on any atom is -0.333 e. The van der Waals surface area contributed by atoms with Crippen LogP contribution in [-0.4, -0.2) is 29.8 Å². The molecule has 2 atom stereocenters. The van der Waals surface area contributed by atoms with Gasteiger partial charge >= 0.3 is 6.03 Å². The first-order chi connectivity index (χ1) is 4.77. The number of fused-ring (bicyclic) bond motifs is 2. The molecular formula is C6H9FN2O. The van der Waals surface area contributed by atoms with Gasteiger partial charge in [0.25, 0.3) is 0 Å². The predicted molar refractivity (Wildman–Crippen MR) is 33.2 cm³/mol. The first kappa shape index (κ1) is 5.95. The molecule has 10 heavy (non-hydrogen) atoms. The van der Waals surface area contributed by atoms with E-state index in [1.807, 2.05) is 0 Å². The third kappa shape index (κ3) is 0.678. The van der Waals surface area contributed by atoms with E-state index in [0.717, 1.165) is 6.42 Å². The van der Waals surface area contributed by atoms with Gasteiger partial charge in [-0.05, 0) is 12.8 Å². The van der Waals surface area contributed by atoms with E-state index < -0.39 is 6.30 Å². The Balaban J connectivity index is 2.17. The molecule has 2 saturated heterocycles. The molecule has 1 N–H and O–H groups in total. The lowest BCUT2D eigenvalue weighted by atomic mass is 10.1. The van der Waals surface area contributed by atoms with Crippen molar-refractivity contribution in [1.82, 2.24) is 10.2 Å². The summed E-state index contributed by atoms with van der Waals surface area (Å²) in [6, 6.07) is -0.0329. The number of rotatable bonds is 0. The van der Waals surface area contributed by atoms with Crippen LogP contribution in [0.2, 0.25) is 0 Å². The molecule has 4 heteroatoms. The number of hydrogen-bond acceptors (Lipinski definition) is 1. The normalized spacial score (nSPS) is 38.1. The van der Waals surface area contributed by atoms with Crippen molar-refractivity contribution in [3.63, 3.8) is 0 Å². The predicted octanol–water partition coefficient (Wildman–Crippen LogP) is 0.470. The molecule has 0 radical (unpaired) electrons. The summed E-state index contributed by atoms with van der Waals surface area (Å²) in [5.41, 5.74) is 0. The molecule has 2 heterocycles. The van der Waals surface area contributed by atoms with Gasteiger partial charge in [-0.25, -0.2) is 9.18 Å². The second-order valence-electron chi connectivity index (χ2n) is 2.81. The molecule has 0 aliphatic carbocycles. The van der Waals surface area contributed by atoms with Crippen LogP contribution in [0.5, 0.6) is 0 Å². The first-order valence-electron chi connectivity index (χ1n) is 3.48. The molecule has 0 aromatic carbocycles. The first-order valence-corrected chi connectivity index (χ1v) is 3.48. The quantitative estimate of drug-likeness (QED) is 0.492. The topological polar surface area (TPSA) is 32.3 Å². The Labute approximate surface area is 58.2 Å². The highest BCUT2D eigenvalue weighted by Gasteiger charge is 2.38. The van der Waals surface area contributed by atoms with Gasteiger partial charge in [0.05, 0.1) is 0 Å². The molecule has 0 aromatic rings. The maximum absolute atomic E-state index is 12.8. The average Bonchev–Trinajstić information content (AvgIpc) is 2.21. The maximum Gasteiger partial charge on any atom is 0.320 e. The molecule has 2 aliphatic rings. The minimum absolute atomic E-state index is 0.208. The van der Waals surface area contributed by atoms with E-state index in [2.05, 4.69) is 5.32 Å². The Bertz CT molecular complexity index is 173. The lowest BCUT2D eigenvalue weighted by molar-refractivity contribution is 0.0972. The Hall–Kier alpha value is -0.800. The number of hydrogen-bond donors (Lipinski definition) is 1. The van der Waals surface area contributed by atoms with E-state index in [9.17, 15) is 9.18 Å². The zero-order valence-corrected chi connectivity index (χ0v) is 5.51. The van der Waals surface area contributed by atoms with E-state index in [0.29, 0.717) is 13.0 Å². The fourth-order valence-corrected chi connectivity index (χ4v) is 1.52. The summed E-state index contributed by atoms with van der Waals surface area (Å²) in [5, 5.41) is 2.69. The van der Waals surface area contributed by atoms with Crippen molar-refractivity contribution < 1.29 is 9.18 Å². The lowest BCUT2D eigenvalue weighted by Gasteiger charge is -2.23. The number of halogens is 1. The molecule has 2 aliphatic heterocycles. The van der Waals surface area contributed by atoms with Gasteiger partial charge < -0.3 is 5.32 Å². The van der Waals surface area contributed by atoms with Gasteiger partial charge in [0.2, 0.25) is 0 Å². The molecule has 2 fully saturated rings. The van der Waals surface area contributed by atoms with Crippen LogP contribution in [-0.2, 0) is 0 Å². The van der Waals surface area contributed by atoms with Crippen LogP contribution < -0.4 is 5.32 Å². The molecule has 2 bridgehead atoms. The van der Waals surface area contributed by atoms with Gasteiger partial charge in [-0.3, -0.25) is 4.90 Å². The van der Waals surface area contributed by atoms with Gasteiger partial charge in [0.1, 0.15) is 0 Å². The smallest absolute Gasteiger partial charge is 0.320 e. The van der Waals surface area contributed by atoms with Crippen LogP contribution in [0.15, 0.2) is 0 Å². The Morgan fingerprint density at radius 1 is 1.60 bits per heavy atom. The largest absolute Gasteiger partial charge is 0.333 e. The highest BCUT2D eigenvalue weighted by molar-refractivity contribution is 5.77. The van der Waals surface area contributed by atoms with Gasteiger partial charge in [-0.2, -0.15) is 0 Å². The average molecular weight is 144 g/mol. The molecule has 0 unspecified atom stereocenters. The van der Waals surface area contributed by atoms with Crippen LogP contribution in [0.4, 0.5) is 9.18 Å². The minimum atomic E-state index is -1.04. The second-order valence-corrected chi connectivity index (χ2v) is 2.81. The standard InChI is InChI=1S/C6H9FN2O/c7-5-2-1-4-3-9(5)6(10)8-4/h4-5H,1-3H2,(H,8,10)/t4-,5-/m1/s1. The van der Waals surface area contributed by atoms with E-state index in [1.54, 1.807) is 0 Å². The van der Waals surface area contributed by atoms with Crippen molar-refractivity contribution in [3.05, 3.63) is 0 Å². The molecule has 0 aromatic heterocycles. The van der Waals surface area contributed by atoms with Crippen molar-refractivity contribution in [2.75, 3.05) is 6.54 Å². The highest BCUT2D eigenvalue weighted by Crippen LogP contribution is 2.22. The Kier molecular flexibility index (Phi) is 1.09. The number of carbonyl (C=O) groups is 1. The van der Waals surface area contributed by atoms with Crippen LogP contribution in [0.25, 0.3) is 0 Å². The van der Waals surface area contributed by atoms with Crippen LogP contribution in [0, 0.1) is 0 Å². The van der Waals surface area contributed by atoms with Crippen molar-refractivity contribution in [2.24, 2.45) is 0 Å². The number of piperidine rings is 1. The zero-order chi connectivity index (χ0) is 7.14. The number of urea groups is 1. The Morgan fingerprint density at radius 3 is 3.10 bits per heavy atom. The van der Waals surface area contributed by atoms with Crippen molar-refractivity contribution >= 4 is 6.03 Å². The van der Waals surface area contributed by atoms with Crippen LogP contribution in [0.3, 0.4) is 0 Å². The van der Waals surface area contributed by atoms with Crippen molar-refractivity contribution in [1.29, 1.82) is 0 Å². The number of alkyl halides is 1. The fraction of sp³-hybridized carbons (Fsp3) is 0.833.